The van der Waals surface area contributed by atoms with Crippen molar-refractivity contribution < 1.29 is 18.4 Å². The Morgan fingerprint density at radius 3 is 2.75 bits per heavy atom. The Hall–Kier alpha value is -2.59. The maximum atomic E-state index is 11.8. The van der Waals surface area contributed by atoms with Crippen molar-refractivity contribution in [3.05, 3.63) is 48.3 Å². The van der Waals surface area contributed by atoms with Crippen LogP contribution in [0.2, 0.25) is 0 Å². The van der Waals surface area contributed by atoms with E-state index in [1.807, 2.05) is 0 Å². The van der Waals surface area contributed by atoms with Crippen LogP contribution in [0, 0.1) is 0 Å². The first kappa shape index (κ1) is 16.3. The van der Waals surface area contributed by atoms with E-state index >= 15 is 0 Å². The topological polar surface area (TPSA) is 110 Å². The maximum absolute atomic E-state index is 11.8. The van der Waals surface area contributed by atoms with E-state index in [4.69, 9.17) is 8.83 Å². The number of aromatic nitrogens is 2. The monoisotopic (exact) mass is 364 g/mol. The highest BCUT2D eigenvalue weighted by Crippen LogP contribution is 2.25. The van der Waals surface area contributed by atoms with Gasteiger partial charge in [0.2, 0.25) is 11.0 Å². The van der Waals surface area contributed by atoms with Gasteiger partial charge in [0, 0.05) is 0 Å². The van der Waals surface area contributed by atoms with E-state index in [1.54, 1.807) is 30.5 Å². The van der Waals surface area contributed by atoms with E-state index in [-0.39, 0.29) is 17.4 Å². The van der Waals surface area contributed by atoms with Gasteiger partial charge in [0.1, 0.15) is 5.76 Å². The van der Waals surface area contributed by atoms with Crippen LogP contribution >= 0.6 is 23.1 Å². The quantitative estimate of drug-likeness (QED) is 0.489. The summed E-state index contributed by atoms with van der Waals surface area (Å²) in [4.78, 5) is 23.6. The zero-order valence-electron chi connectivity index (χ0n) is 12.2. The molecule has 0 aromatic carbocycles. The van der Waals surface area contributed by atoms with Gasteiger partial charge in [-0.25, -0.2) is 0 Å². The third kappa shape index (κ3) is 4.46. The summed E-state index contributed by atoms with van der Waals surface area (Å²) in [5.41, 5.74) is 0. The molecule has 3 rings (SSSR count). The van der Waals surface area contributed by atoms with Crippen LogP contribution < -0.4 is 10.6 Å². The molecule has 0 fully saturated rings. The summed E-state index contributed by atoms with van der Waals surface area (Å²) in [6, 6.07) is 6.72. The summed E-state index contributed by atoms with van der Waals surface area (Å²) in [5.74, 6) is 0.530. The molecule has 0 bridgehead atoms. The smallest absolute Gasteiger partial charge is 0.293 e. The molecule has 0 aliphatic carbocycles. The average molecular weight is 364 g/mol. The van der Waals surface area contributed by atoms with Crippen LogP contribution in [0.1, 0.15) is 16.3 Å². The van der Waals surface area contributed by atoms with Crippen molar-refractivity contribution >= 4 is 40.0 Å². The van der Waals surface area contributed by atoms with Gasteiger partial charge >= 0.3 is 0 Å². The first-order valence-electron chi connectivity index (χ1n) is 6.81. The second-order valence-corrected chi connectivity index (χ2v) is 6.65. The van der Waals surface area contributed by atoms with Gasteiger partial charge in [-0.05, 0) is 24.3 Å². The van der Waals surface area contributed by atoms with Gasteiger partial charge in [-0.1, -0.05) is 23.1 Å². The van der Waals surface area contributed by atoms with E-state index in [1.165, 1.54) is 29.4 Å². The van der Waals surface area contributed by atoms with Crippen LogP contribution in [0.15, 0.2) is 50.0 Å². The van der Waals surface area contributed by atoms with Crippen LogP contribution in [0.3, 0.4) is 0 Å². The molecule has 0 spiro atoms. The van der Waals surface area contributed by atoms with E-state index < -0.39 is 5.91 Å². The number of thioether (sulfide) groups is 1. The van der Waals surface area contributed by atoms with E-state index in [0.29, 0.717) is 21.8 Å². The Morgan fingerprint density at radius 2 is 2.00 bits per heavy atom. The van der Waals surface area contributed by atoms with Gasteiger partial charge in [0.15, 0.2) is 10.1 Å². The van der Waals surface area contributed by atoms with Gasteiger partial charge in [-0.2, -0.15) is 0 Å². The van der Waals surface area contributed by atoms with Gasteiger partial charge in [0.05, 0.1) is 24.8 Å². The molecular weight excluding hydrogens is 352 g/mol. The highest BCUT2D eigenvalue weighted by atomic mass is 32.2. The number of amides is 2. The van der Waals surface area contributed by atoms with Crippen molar-refractivity contribution in [3.8, 4) is 0 Å². The number of carbonyl (C=O) groups is 2. The fourth-order valence-corrected chi connectivity index (χ4v) is 3.24. The zero-order chi connectivity index (χ0) is 16.8. The Balaban J connectivity index is 1.44. The maximum Gasteiger partial charge on any atom is 0.293 e. The molecule has 2 N–H and O–H groups in total. The fraction of sp³-hybridized carbons (Fsp3) is 0.143. The molecule has 3 aromatic heterocycles. The summed E-state index contributed by atoms with van der Waals surface area (Å²) in [6.45, 7) is 0.340. The minimum Gasteiger partial charge on any atom is -0.467 e. The number of anilines is 1. The molecule has 0 unspecified atom stereocenters. The number of nitrogens with zero attached hydrogens (tertiary/aromatic N) is 2. The first-order valence-corrected chi connectivity index (χ1v) is 8.61. The van der Waals surface area contributed by atoms with Crippen LogP contribution in [0.5, 0.6) is 0 Å². The zero-order valence-corrected chi connectivity index (χ0v) is 13.9. The first-order chi connectivity index (χ1) is 11.7. The SMILES string of the molecule is O=C(CSc1nnc(NC(=O)c2ccco2)s1)NCc1ccco1. The largest absolute Gasteiger partial charge is 0.467 e. The Bertz CT molecular complexity index is 799. The number of carbonyl (C=O) groups excluding carboxylic acids is 2. The number of hydrogen-bond donors (Lipinski definition) is 2. The molecule has 10 heteroatoms. The Morgan fingerprint density at radius 1 is 1.17 bits per heavy atom. The predicted molar refractivity (Wildman–Crippen MR) is 87.8 cm³/mol. The minimum atomic E-state index is -0.399. The van der Waals surface area contributed by atoms with Gasteiger partial charge in [0.25, 0.3) is 5.91 Å². The van der Waals surface area contributed by atoms with Crippen molar-refractivity contribution in [2.24, 2.45) is 0 Å². The van der Waals surface area contributed by atoms with Crippen LogP contribution in [0.4, 0.5) is 5.13 Å². The molecule has 0 aliphatic rings. The molecular formula is C14H12N4O4S2. The van der Waals surface area contributed by atoms with Crippen molar-refractivity contribution in [3.63, 3.8) is 0 Å². The van der Waals surface area contributed by atoms with Crippen molar-refractivity contribution in [1.82, 2.24) is 15.5 Å². The molecule has 8 nitrogen and oxygen atoms in total. The minimum absolute atomic E-state index is 0.146. The number of rotatable bonds is 7. The molecule has 0 aliphatic heterocycles. The third-order valence-corrected chi connectivity index (χ3v) is 4.71. The lowest BCUT2D eigenvalue weighted by molar-refractivity contribution is -0.118. The summed E-state index contributed by atoms with van der Waals surface area (Å²) in [6.07, 6.45) is 2.97. The van der Waals surface area contributed by atoms with Crippen molar-refractivity contribution in [1.29, 1.82) is 0 Å². The molecule has 24 heavy (non-hydrogen) atoms. The fourth-order valence-electron chi connectivity index (χ4n) is 1.66. The molecule has 3 aromatic rings. The van der Waals surface area contributed by atoms with Crippen LogP contribution in [0.25, 0.3) is 0 Å². The summed E-state index contributed by atoms with van der Waals surface area (Å²) in [5, 5.41) is 13.4. The van der Waals surface area contributed by atoms with Crippen LogP contribution in [-0.2, 0) is 11.3 Å². The van der Waals surface area contributed by atoms with Gasteiger partial charge < -0.3 is 14.2 Å². The van der Waals surface area contributed by atoms with E-state index in [9.17, 15) is 9.59 Å². The van der Waals surface area contributed by atoms with Crippen LogP contribution in [-0.4, -0.2) is 27.8 Å². The lowest BCUT2D eigenvalue weighted by Crippen LogP contribution is -2.24. The highest BCUT2D eigenvalue weighted by molar-refractivity contribution is 8.01. The summed E-state index contributed by atoms with van der Waals surface area (Å²) >= 11 is 2.42. The number of nitrogens with one attached hydrogen (secondary N) is 2. The lowest BCUT2D eigenvalue weighted by Gasteiger charge is -2.01. The Labute approximate surface area is 144 Å². The molecule has 0 atom stereocenters. The second kappa shape index (κ2) is 7.79. The van der Waals surface area contributed by atoms with Gasteiger partial charge in [-0.3, -0.25) is 14.9 Å². The molecule has 3 heterocycles. The summed E-state index contributed by atoms with van der Waals surface area (Å²) in [7, 11) is 0. The molecule has 0 radical (unpaired) electrons. The average Bonchev–Trinajstić information content (AvgIpc) is 3.32. The predicted octanol–water partition coefficient (Wildman–Crippen LogP) is 2.38. The molecule has 0 saturated carbocycles. The number of furan rings is 2. The van der Waals surface area contributed by atoms with E-state index in [0.717, 1.165) is 0 Å². The number of hydrogen-bond acceptors (Lipinski definition) is 8. The summed E-state index contributed by atoms with van der Waals surface area (Å²) < 4.78 is 10.7. The second-order valence-electron chi connectivity index (χ2n) is 4.45. The van der Waals surface area contributed by atoms with Gasteiger partial charge in [-0.15, -0.1) is 10.2 Å². The normalized spacial score (nSPS) is 10.5. The standard InChI is InChI=1S/C14H12N4O4S2/c19-11(15-7-9-3-1-5-21-9)8-23-14-18-17-13(24-14)16-12(20)10-4-2-6-22-10/h1-6H,7-8H2,(H,15,19)(H,16,17,20). The van der Waals surface area contributed by atoms with Crippen molar-refractivity contribution in [2.75, 3.05) is 11.1 Å². The molecule has 2 amide bonds. The molecule has 0 saturated heterocycles. The van der Waals surface area contributed by atoms with E-state index in [2.05, 4.69) is 20.8 Å². The highest BCUT2D eigenvalue weighted by Gasteiger charge is 2.13. The molecule has 124 valence electrons. The lowest BCUT2D eigenvalue weighted by atomic mass is 10.4. The Kier molecular flexibility index (Phi) is 5.29. The van der Waals surface area contributed by atoms with Crippen molar-refractivity contribution in [2.45, 2.75) is 10.9 Å². The third-order valence-electron chi connectivity index (χ3n) is 2.74.